The van der Waals surface area contributed by atoms with Crippen LogP contribution >= 0.6 is 23.2 Å². The monoisotopic (exact) mass is 462 g/mol. The summed E-state index contributed by atoms with van der Waals surface area (Å²) < 4.78 is 33.6. The molecule has 0 radical (unpaired) electrons. The average Bonchev–Trinajstić information content (AvgIpc) is 3.37. The zero-order valence-corrected chi connectivity index (χ0v) is 18.3. The number of rotatable bonds is 5. The van der Waals surface area contributed by atoms with Crippen LogP contribution in [0.3, 0.4) is 0 Å². The van der Waals surface area contributed by atoms with E-state index < -0.39 is 9.84 Å². The molecule has 154 valence electrons. The van der Waals surface area contributed by atoms with Crippen LogP contribution in [0.5, 0.6) is 5.75 Å². The van der Waals surface area contributed by atoms with Crippen molar-refractivity contribution in [3.05, 3.63) is 71.2 Å². The van der Waals surface area contributed by atoms with E-state index in [4.69, 9.17) is 27.9 Å². The van der Waals surface area contributed by atoms with Crippen molar-refractivity contribution < 1.29 is 13.2 Å². The molecule has 0 atom stereocenters. The van der Waals surface area contributed by atoms with Crippen molar-refractivity contribution in [3.63, 3.8) is 0 Å². The molecule has 0 amide bonds. The lowest BCUT2D eigenvalue weighted by molar-refractivity contribution is 0.414. The van der Waals surface area contributed by atoms with Gasteiger partial charge >= 0.3 is 0 Å². The van der Waals surface area contributed by atoms with Crippen LogP contribution in [-0.2, 0) is 9.84 Å². The largest absolute Gasteiger partial charge is 0.497 e. The molecule has 2 aromatic carbocycles. The van der Waals surface area contributed by atoms with E-state index in [9.17, 15) is 8.42 Å². The number of benzene rings is 2. The SMILES string of the molecule is COc1ccc(-n2nc(S(C)(=O)=O)c(-n3ccnc3)c2-c2ccc(Cl)c(Cl)c2)cc1. The zero-order chi connectivity index (χ0) is 21.5. The van der Waals surface area contributed by atoms with Gasteiger partial charge in [-0.15, -0.1) is 0 Å². The average molecular weight is 463 g/mol. The fourth-order valence-corrected chi connectivity index (χ4v) is 4.16. The highest BCUT2D eigenvalue weighted by molar-refractivity contribution is 7.90. The van der Waals surface area contributed by atoms with E-state index in [-0.39, 0.29) is 5.03 Å². The van der Waals surface area contributed by atoms with Crippen LogP contribution in [0.2, 0.25) is 10.0 Å². The van der Waals surface area contributed by atoms with Gasteiger partial charge in [0.15, 0.2) is 9.84 Å². The lowest BCUT2D eigenvalue weighted by Gasteiger charge is -2.12. The Labute approximate surface area is 183 Å². The Bertz CT molecular complexity index is 1320. The Morgan fingerprint density at radius 2 is 1.77 bits per heavy atom. The van der Waals surface area contributed by atoms with Gasteiger partial charge in [-0.2, -0.15) is 5.10 Å². The van der Waals surface area contributed by atoms with Crippen molar-refractivity contribution in [2.45, 2.75) is 5.03 Å². The topological polar surface area (TPSA) is 79.0 Å². The molecular weight excluding hydrogens is 447 g/mol. The highest BCUT2D eigenvalue weighted by Crippen LogP contribution is 2.37. The molecule has 0 unspecified atom stereocenters. The van der Waals surface area contributed by atoms with Gasteiger partial charge in [-0.05, 0) is 36.4 Å². The number of halogens is 2. The minimum Gasteiger partial charge on any atom is -0.497 e. The van der Waals surface area contributed by atoms with Crippen LogP contribution in [0.25, 0.3) is 22.6 Å². The van der Waals surface area contributed by atoms with Gasteiger partial charge in [-0.3, -0.25) is 0 Å². The van der Waals surface area contributed by atoms with Gasteiger partial charge in [0.05, 0.1) is 34.9 Å². The number of hydrogen-bond donors (Lipinski definition) is 0. The predicted molar refractivity (Wildman–Crippen MR) is 116 cm³/mol. The number of methoxy groups -OCH3 is 1. The van der Waals surface area contributed by atoms with E-state index in [1.165, 1.54) is 6.33 Å². The summed E-state index contributed by atoms with van der Waals surface area (Å²) in [6.45, 7) is 0. The highest BCUT2D eigenvalue weighted by Gasteiger charge is 2.28. The molecule has 0 N–H and O–H groups in total. The van der Waals surface area contributed by atoms with Crippen molar-refractivity contribution in [2.24, 2.45) is 0 Å². The Balaban J connectivity index is 2.10. The van der Waals surface area contributed by atoms with Gasteiger partial charge in [-0.1, -0.05) is 29.3 Å². The first-order valence-corrected chi connectivity index (χ1v) is 11.4. The van der Waals surface area contributed by atoms with Crippen LogP contribution in [-0.4, -0.2) is 41.1 Å². The van der Waals surface area contributed by atoms with Crippen LogP contribution in [0.15, 0.2) is 66.2 Å². The molecule has 4 aromatic rings. The van der Waals surface area contributed by atoms with E-state index in [0.29, 0.717) is 38.4 Å². The van der Waals surface area contributed by atoms with Gasteiger partial charge < -0.3 is 9.30 Å². The van der Waals surface area contributed by atoms with E-state index in [0.717, 1.165) is 6.26 Å². The lowest BCUT2D eigenvalue weighted by atomic mass is 10.1. The smallest absolute Gasteiger partial charge is 0.201 e. The maximum absolute atomic E-state index is 12.6. The Hall–Kier alpha value is -2.81. The van der Waals surface area contributed by atoms with Gasteiger partial charge in [0.1, 0.15) is 11.4 Å². The maximum atomic E-state index is 12.6. The molecule has 0 spiro atoms. The summed E-state index contributed by atoms with van der Waals surface area (Å²) >= 11 is 12.4. The molecule has 10 heteroatoms. The molecule has 0 fully saturated rings. The molecule has 0 aliphatic carbocycles. The van der Waals surface area contributed by atoms with E-state index in [1.54, 1.807) is 71.2 Å². The molecule has 7 nitrogen and oxygen atoms in total. The summed E-state index contributed by atoms with van der Waals surface area (Å²) in [5.41, 5.74) is 2.18. The Morgan fingerprint density at radius 3 is 2.33 bits per heavy atom. The second-order valence-electron chi connectivity index (χ2n) is 6.48. The Kier molecular flexibility index (Phi) is 5.31. The van der Waals surface area contributed by atoms with Crippen molar-refractivity contribution in [1.29, 1.82) is 0 Å². The molecule has 0 aliphatic rings. The second kappa shape index (κ2) is 7.79. The van der Waals surface area contributed by atoms with Crippen molar-refractivity contribution >= 4 is 33.0 Å². The maximum Gasteiger partial charge on any atom is 0.201 e. The van der Waals surface area contributed by atoms with Crippen LogP contribution < -0.4 is 4.74 Å². The predicted octanol–water partition coefficient (Wildman–Crippen LogP) is 4.44. The van der Waals surface area contributed by atoms with Gasteiger partial charge in [0.25, 0.3) is 0 Å². The van der Waals surface area contributed by atoms with Gasteiger partial charge in [-0.25, -0.2) is 18.1 Å². The number of nitrogens with zero attached hydrogens (tertiary/aromatic N) is 4. The fraction of sp³-hybridized carbons (Fsp3) is 0.100. The normalized spacial score (nSPS) is 11.6. The highest BCUT2D eigenvalue weighted by atomic mass is 35.5. The quantitative estimate of drug-likeness (QED) is 0.437. The second-order valence-corrected chi connectivity index (χ2v) is 9.23. The minimum absolute atomic E-state index is 0.0857. The summed E-state index contributed by atoms with van der Waals surface area (Å²) in [5.74, 6) is 0.667. The van der Waals surface area contributed by atoms with Crippen LogP contribution in [0.4, 0.5) is 0 Å². The number of ether oxygens (including phenoxy) is 1. The summed E-state index contributed by atoms with van der Waals surface area (Å²) in [6, 6.07) is 12.2. The van der Waals surface area contributed by atoms with Gasteiger partial charge in [0.2, 0.25) is 5.03 Å². The minimum atomic E-state index is -3.67. The van der Waals surface area contributed by atoms with Gasteiger partial charge in [0, 0.05) is 24.2 Å². The summed E-state index contributed by atoms with van der Waals surface area (Å²) in [7, 11) is -2.10. The number of sulfone groups is 1. The first kappa shape index (κ1) is 20.5. The van der Waals surface area contributed by atoms with Crippen molar-refractivity contribution in [3.8, 4) is 28.4 Å². The van der Waals surface area contributed by atoms with E-state index in [1.807, 2.05) is 0 Å². The molecular formula is C20H16Cl2N4O3S. The number of aromatic nitrogens is 4. The molecule has 0 bridgehead atoms. The summed E-state index contributed by atoms with van der Waals surface area (Å²) in [4.78, 5) is 4.06. The molecule has 2 heterocycles. The lowest BCUT2D eigenvalue weighted by Crippen LogP contribution is -2.04. The van der Waals surface area contributed by atoms with E-state index in [2.05, 4.69) is 10.1 Å². The standard InChI is InChI=1S/C20H16Cl2N4O3S/c1-29-15-6-4-14(5-7-15)26-18(13-3-8-16(21)17(22)11-13)19(25-10-9-23-12-25)20(24-26)30(2,27)28/h3-12H,1-2H3. The van der Waals surface area contributed by atoms with Crippen molar-refractivity contribution in [2.75, 3.05) is 13.4 Å². The third kappa shape index (κ3) is 3.69. The molecule has 2 aromatic heterocycles. The fourth-order valence-electron chi connectivity index (χ4n) is 3.08. The third-order valence-electron chi connectivity index (χ3n) is 4.45. The third-order valence-corrected chi connectivity index (χ3v) is 6.17. The molecule has 30 heavy (non-hydrogen) atoms. The van der Waals surface area contributed by atoms with Crippen LogP contribution in [0.1, 0.15) is 0 Å². The number of hydrogen-bond acceptors (Lipinski definition) is 5. The van der Waals surface area contributed by atoms with Crippen LogP contribution in [0, 0.1) is 0 Å². The first-order valence-electron chi connectivity index (χ1n) is 8.71. The summed E-state index contributed by atoms with van der Waals surface area (Å²) in [5, 5.41) is 5.10. The molecule has 0 aliphatic heterocycles. The Morgan fingerprint density at radius 1 is 1.03 bits per heavy atom. The zero-order valence-electron chi connectivity index (χ0n) is 16.0. The summed E-state index contributed by atoms with van der Waals surface area (Å²) in [6.07, 6.45) is 5.86. The molecule has 4 rings (SSSR count). The van der Waals surface area contributed by atoms with E-state index >= 15 is 0 Å². The van der Waals surface area contributed by atoms with Crippen molar-refractivity contribution in [1.82, 2.24) is 19.3 Å². The molecule has 0 saturated heterocycles. The molecule has 0 saturated carbocycles. The number of imidazole rings is 1. The first-order chi connectivity index (χ1) is 14.3.